The minimum Gasteiger partial charge on any atom is -0.489 e. The molecule has 3 aromatic rings. The normalized spacial score (nSPS) is 16.2. The molecule has 1 amide bonds. The molecule has 0 aliphatic carbocycles. The van der Waals surface area contributed by atoms with E-state index in [4.69, 9.17) is 13.9 Å². The molecule has 1 fully saturated rings. The van der Waals surface area contributed by atoms with Crippen LogP contribution in [0.4, 0.5) is 4.79 Å². The molecule has 6 nitrogen and oxygen atoms in total. The third-order valence-corrected chi connectivity index (χ3v) is 5.45. The van der Waals surface area contributed by atoms with Crippen molar-refractivity contribution in [3.63, 3.8) is 0 Å². The second-order valence-electron chi connectivity index (χ2n) is 9.06. The van der Waals surface area contributed by atoms with E-state index < -0.39 is 5.60 Å². The van der Waals surface area contributed by atoms with Crippen LogP contribution in [0.2, 0.25) is 0 Å². The number of nitrogens with zero attached hydrogens (tertiary/aromatic N) is 2. The summed E-state index contributed by atoms with van der Waals surface area (Å²) in [6.45, 7) is 8.79. The molecule has 2 aromatic carbocycles. The lowest BCUT2D eigenvalue weighted by molar-refractivity contribution is 0.0275. The van der Waals surface area contributed by atoms with Gasteiger partial charge in [0.25, 0.3) is 0 Å². The SMILES string of the molecule is CCc1oc2ccc(C#N)cc2c1-c1ccc(O[C@H]2CCN(C(=O)OC(C)(C)C)C2)cc1. The van der Waals surface area contributed by atoms with Crippen LogP contribution in [0.1, 0.15) is 45.4 Å². The number of carbonyl (C=O) groups excluding carboxylic acids is 1. The highest BCUT2D eigenvalue weighted by molar-refractivity contribution is 5.96. The zero-order chi connectivity index (χ0) is 22.9. The number of furan rings is 1. The summed E-state index contributed by atoms with van der Waals surface area (Å²) >= 11 is 0. The molecule has 1 aliphatic rings. The van der Waals surface area contributed by atoms with Crippen LogP contribution < -0.4 is 4.74 Å². The molecule has 32 heavy (non-hydrogen) atoms. The fraction of sp³-hybridized carbons (Fsp3) is 0.385. The fourth-order valence-corrected chi connectivity index (χ4v) is 3.99. The Morgan fingerprint density at radius 2 is 1.97 bits per heavy atom. The van der Waals surface area contributed by atoms with Gasteiger partial charge in [-0.3, -0.25) is 0 Å². The first-order valence-corrected chi connectivity index (χ1v) is 11.0. The molecule has 4 rings (SSSR count). The summed E-state index contributed by atoms with van der Waals surface area (Å²) in [5, 5.41) is 10.2. The van der Waals surface area contributed by atoms with Gasteiger partial charge in [-0.05, 0) is 56.7 Å². The lowest BCUT2D eigenvalue weighted by atomic mass is 10.00. The highest BCUT2D eigenvalue weighted by atomic mass is 16.6. The number of nitriles is 1. The van der Waals surface area contributed by atoms with Gasteiger partial charge in [0.2, 0.25) is 0 Å². The molecule has 0 N–H and O–H groups in total. The Morgan fingerprint density at radius 1 is 1.22 bits per heavy atom. The topological polar surface area (TPSA) is 75.7 Å². The van der Waals surface area contributed by atoms with Gasteiger partial charge < -0.3 is 18.8 Å². The van der Waals surface area contributed by atoms with Crippen LogP contribution in [0.3, 0.4) is 0 Å². The maximum atomic E-state index is 12.3. The van der Waals surface area contributed by atoms with Crippen molar-refractivity contribution < 1.29 is 18.7 Å². The van der Waals surface area contributed by atoms with E-state index in [2.05, 4.69) is 13.0 Å². The van der Waals surface area contributed by atoms with Gasteiger partial charge >= 0.3 is 6.09 Å². The summed E-state index contributed by atoms with van der Waals surface area (Å²) in [6.07, 6.45) is 1.17. The summed E-state index contributed by atoms with van der Waals surface area (Å²) in [7, 11) is 0. The monoisotopic (exact) mass is 432 g/mol. The molecule has 1 atom stereocenters. The van der Waals surface area contributed by atoms with Crippen LogP contribution in [0.15, 0.2) is 46.9 Å². The maximum Gasteiger partial charge on any atom is 0.410 e. The summed E-state index contributed by atoms with van der Waals surface area (Å²) in [5.74, 6) is 1.65. The number of ether oxygens (including phenoxy) is 2. The summed E-state index contributed by atoms with van der Waals surface area (Å²) in [5.41, 5.74) is 2.92. The molecular weight excluding hydrogens is 404 g/mol. The lowest BCUT2D eigenvalue weighted by Crippen LogP contribution is -2.36. The van der Waals surface area contributed by atoms with Gasteiger partial charge in [-0.15, -0.1) is 0 Å². The maximum absolute atomic E-state index is 12.3. The molecule has 2 heterocycles. The number of fused-ring (bicyclic) bond motifs is 1. The Kier molecular flexibility index (Phi) is 5.84. The zero-order valence-electron chi connectivity index (χ0n) is 19.0. The molecule has 0 spiro atoms. The minimum atomic E-state index is -0.505. The molecule has 0 saturated carbocycles. The molecule has 0 unspecified atom stereocenters. The van der Waals surface area contributed by atoms with Gasteiger partial charge in [-0.2, -0.15) is 5.26 Å². The van der Waals surface area contributed by atoms with Gasteiger partial charge in [0.15, 0.2) is 0 Å². The fourth-order valence-electron chi connectivity index (χ4n) is 3.99. The van der Waals surface area contributed by atoms with Gasteiger partial charge in [0, 0.05) is 30.3 Å². The Balaban J connectivity index is 1.49. The van der Waals surface area contributed by atoms with E-state index >= 15 is 0 Å². The first kappa shape index (κ1) is 21.8. The largest absolute Gasteiger partial charge is 0.489 e. The van der Waals surface area contributed by atoms with Crippen LogP contribution in [0.5, 0.6) is 5.75 Å². The van der Waals surface area contributed by atoms with E-state index in [9.17, 15) is 10.1 Å². The second-order valence-corrected chi connectivity index (χ2v) is 9.06. The first-order valence-electron chi connectivity index (χ1n) is 11.0. The Labute approximate surface area is 188 Å². The smallest absolute Gasteiger partial charge is 0.410 e. The second kappa shape index (κ2) is 8.58. The van der Waals surface area contributed by atoms with Crippen molar-refractivity contribution >= 4 is 17.1 Å². The molecule has 0 bridgehead atoms. The number of amides is 1. The Bertz CT molecular complexity index is 1170. The number of aryl methyl sites for hydroxylation is 1. The first-order chi connectivity index (χ1) is 15.3. The molecule has 6 heteroatoms. The van der Waals surface area contributed by atoms with E-state index in [0.29, 0.717) is 18.7 Å². The van der Waals surface area contributed by atoms with E-state index in [1.807, 2.05) is 57.2 Å². The number of carbonyl (C=O) groups is 1. The number of hydrogen-bond donors (Lipinski definition) is 0. The predicted molar refractivity (Wildman–Crippen MR) is 123 cm³/mol. The van der Waals surface area contributed by atoms with Crippen molar-refractivity contribution in [3.8, 4) is 22.9 Å². The van der Waals surface area contributed by atoms with Gasteiger partial charge in [0.1, 0.15) is 28.8 Å². The molecule has 166 valence electrons. The number of rotatable bonds is 4. The van der Waals surface area contributed by atoms with Crippen molar-refractivity contribution in [2.45, 2.75) is 52.2 Å². The van der Waals surface area contributed by atoms with Crippen molar-refractivity contribution in [2.75, 3.05) is 13.1 Å². The highest BCUT2D eigenvalue weighted by Crippen LogP contribution is 2.36. The lowest BCUT2D eigenvalue weighted by Gasteiger charge is -2.24. The highest BCUT2D eigenvalue weighted by Gasteiger charge is 2.30. The average Bonchev–Trinajstić information content (AvgIpc) is 3.37. The molecule has 1 aromatic heterocycles. The Morgan fingerprint density at radius 3 is 2.62 bits per heavy atom. The summed E-state index contributed by atoms with van der Waals surface area (Å²) in [4.78, 5) is 14.0. The average molecular weight is 433 g/mol. The van der Waals surface area contributed by atoms with Crippen LogP contribution in [0, 0.1) is 11.3 Å². The van der Waals surface area contributed by atoms with Gasteiger partial charge in [0.05, 0.1) is 18.2 Å². The van der Waals surface area contributed by atoms with Crippen molar-refractivity contribution in [2.24, 2.45) is 0 Å². The summed E-state index contributed by atoms with van der Waals surface area (Å²) in [6, 6.07) is 15.6. The van der Waals surface area contributed by atoms with E-state index in [1.54, 1.807) is 11.0 Å². The van der Waals surface area contributed by atoms with Gasteiger partial charge in [-0.1, -0.05) is 19.1 Å². The van der Waals surface area contributed by atoms with Crippen LogP contribution in [-0.2, 0) is 11.2 Å². The zero-order valence-corrected chi connectivity index (χ0v) is 19.0. The third kappa shape index (κ3) is 4.57. The molecule has 1 saturated heterocycles. The van der Waals surface area contributed by atoms with Crippen molar-refractivity contribution in [1.29, 1.82) is 5.26 Å². The molecule has 1 aliphatic heterocycles. The number of benzene rings is 2. The van der Waals surface area contributed by atoms with Crippen LogP contribution >= 0.6 is 0 Å². The number of hydrogen-bond acceptors (Lipinski definition) is 5. The van der Waals surface area contributed by atoms with E-state index in [-0.39, 0.29) is 12.2 Å². The quantitative estimate of drug-likeness (QED) is 0.511. The van der Waals surface area contributed by atoms with E-state index in [1.165, 1.54) is 0 Å². The third-order valence-electron chi connectivity index (χ3n) is 5.45. The minimum absolute atomic E-state index is 0.0625. The van der Waals surface area contributed by atoms with Gasteiger partial charge in [-0.25, -0.2) is 4.79 Å². The van der Waals surface area contributed by atoms with Crippen LogP contribution in [-0.4, -0.2) is 35.8 Å². The summed E-state index contributed by atoms with van der Waals surface area (Å²) < 4.78 is 17.6. The molecule has 0 radical (unpaired) electrons. The van der Waals surface area contributed by atoms with Crippen molar-refractivity contribution in [3.05, 3.63) is 53.8 Å². The molecular formula is C26H28N2O4. The van der Waals surface area contributed by atoms with E-state index in [0.717, 1.165) is 46.4 Å². The Hall–Kier alpha value is -3.46. The standard InChI is InChI=1S/C26H28N2O4/c1-5-22-24(21-14-17(15-27)6-11-23(21)31-22)18-7-9-19(10-8-18)30-20-12-13-28(16-20)25(29)32-26(2,3)4/h6-11,14,20H,5,12-13,16H2,1-4H3/t20-/m0/s1. The number of likely N-dealkylation sites (tertiary alicyclic amines) is 1. The van der Waals surface area contributed by atoms with Crippen LogP contribution in [0.25, 0.3) is 22.1 Å². The van der Waals surface area contributed by atoms with Crippen molar-refractivity contribution in [1.82, 2.24) is 4.90 Å². The predicted octanol–water partition coefficient (Wildman–Crippen LogP) is 5.92.